The second kappa shape index (κ2) is 5.87. The van der Waals surface area contributed by atoms with Gasteiger partial charge in [0.1, 0.15) is 6.04 Å². The summed E-state index contributed by atoms with van der Waals surface area (Å²) in [7, 11) is 0. The number of thioether (sulfide) groups is 1. The summed E-state index contributed by atoms with van der Waals surface area (Å²) in [5, 5.41) is 13.0. The van der Waals surface area contributed by atoms with Crippen LogP contribution in [0.15, 0.2) is 17.8 Å². The highest BCUT2D eigenvalue weighted by molar-refractivity contribution is 7.98. The smallest absolute Gasteiger partial charge is 0.327 e. The molecule has 0 aliphatic heterocycles. The summed E-state index contributed by atoms with van der Waals surface area (Å²) in [5.74, 6) is -0.0850. The molecule has 96 valence electrons. The number of nitrogens with one attached hydrogen (secondary N) is 1. The maximum Gasteiger partial charge on any atom is 0.327 e. The van der Waals surface area contributed by atoms with Crippen LogP contribution in [0.2, 0.25) is 0 Å². The van der Waals surface area contributed by atoms with Crippen molar-refractivity contribution in [1.29, 1.82) is 0 Å². The normalized spacial score (nSPS) is 12.4. The Balaban J connectivity index is 1.85. The second-order valence-electron chi connectivity index (χ2n) is 3.52. The Labute approximate surface area is 111 Å². The molecule has 2 rings (SSSR count). The van der Waals surface area contributed by atoms with E-state index in [0.717, 1.165) is 10.7 Å². The van der Waals surface area contributed by atoms with E-state index in [2.05, 4.69) is 10.3 Å². The molecule has 2 heterocycles. The zero-order chi connectivity index (χ0) is 13.0. The number of carboxylic acid groups (broad SMARTS) is 1. The zero-order valence-corrected chi connectivity index (χ0v) is 10.9. The molecule has 0 radical (unpaired) electrons. The van der Waals surface area contributed by atoms with Crippen molar-refractivity contribution < 1.29 is 14.7 Å². The van der Waals surface area contributed by atoms with Gasteiger partial charge in [0.2, 0.25) is 6.41 Å². The van der Waals surface area contributed by atoms with Crippen LogP contribution in [0.25, 0.3) is 4.96 Å². The van der Waals surface area contributed by atoms with E-state index in [-0.39, 0.29) is 0 Å². The predicted molar refractivity (Wildman–Crippen MR) is 69.9 cm³/mol. The fourth-order valence-corrected chi connectivity index (χ4v) is 3.06. The number of hydrogen-bond acceptors (Lipinski definition) is 5. The molecule has 0 saturated carbocycles. The fourth-order valence-electron chi connectivity index (χ4n) is 1.40. The van der Waals surface area contributed by atoms with E-state index >= 15 is 0 Å². The van der Waals surface area contributed by atoms with Gasteiger partial charge in [0.05, 0.1) is 5.69 Å². The molecule has 0 aliphatic carbocycles. The molecule has 0 bridgehead atoms. The summed E-state index contributed by atoms with van der Waals surface area (Å²) in [6.45, 7) is 0. The number of imidazole rings is 1. The highest BCUT2D eigenvalue weighted by atomic mass is 32.2. The summed E-state index contributed by atoms with van der Waals surface area (Å²) in [4.78, 5) is 26.3. The third-order valence-electron chi connectivity index (χ3n) is 2.24. The van der Waals surface area contributed by atoms with E-state index < -0.39 is 12.0 Å². The topological polar surface area (TPSA) is 83.7 Å². The number of thiazole rings is 1. The van der Waals surface area contributed by atoms with Gasteiger partial charge in [-0.05, 0) is 0 Å². The molecule has 8 heteroatoms. The first-order chi connectivity index (χ1) is 8.70. The largest absolute Gasteiger partial charge is 0.480 e. The van der Waals surface area contributed by atoms with Crippen molar-refractivity contribution in [3.63, 3.8) is 0 Å². The minimum Gasteiger partial charge on any atom is -0.480 e. The van der Waals surface area contributed by atoms with Gasteiger partial charge in [0, 0.05) is 29.3 Å². The number of carboxylic acids is 1. The summed E-state index contributed by atoms with van der Waals surface area (Å²) in [6.07, 6.45) is 4.25. The lowest BCUT2D eigenvalue weighted by Gasteiger charge is -2.09. The monoisotopic (exact) mass is 285 g/mol. The Kier molecular flexibility index (Phi) is 4.21. The lowest BCUT2D eigenvalue weighted by molar-refractivity contribution is -0.139. The molecule has 1 amide bonds. The molecule has 0 saturated heterocycles. The van der Waals surface area contributed by atoms with Crippen molar-refractivity contribution >= 4 is 40.4 Å². The third kappa shape index (κ3) is 3.02. The second-order valence-corrected chi connectivity index (χ2v) is 5.42. The Morgan fingerprint density at radius 2 is 2.56 bits per heavy atom. The van der Waals surface area contributed by atoms with Gasteiger partial charge < -0.3 is 10.4 Å². The molecule has 2 aromatic heterocycles. The minimum atomic E-state index is -1.03. The summed E-state index contributed by atoms with van der Waals surface area (Å²) in [5.41, 5.74) is 0.905. The number of aromatic nitrogens is 2. The van der Waals surface area contributed by atoms with Crippen molar-refractivity contribution in [3.05, 3.63) is 23.5 Å². The summed E-state index contributed by atoms with van der Waals surface area (Å²) in [6, 6.07) is -0.851. The first-order valence-electron chi connectivity index (χ1n) is 5.12. The van der Waals surface area contributed by atoms with Gasteiger partial charge in [-0.1, -0.05) is 0 Å². The highest BCUT2D eigenvalue weighted by Gasteiger charge is 2.16. The third-order valence-corrected chi connectivity index (χ3v) is 4.08. The quantitative estimate of drug-likeness (QED) is 0.736. The Morgan fingerprint density at radius 1 is 1.72 bits per heavy atom. The van der Waals surface area contributed by atoms with Crippen LogP contribution in [-0.2, 0) is 15.3 Å². The average molecular weight is 285 g/mol. The molecule has 0 aromatic carbocycles. The number of amides is 1. The van der Waals surface area contributed by atoms with Crippen molar-refractivity contribution in [2.75, 3.05) is 5.75 Å². The molecular formula is C10H11N3O3S2. The van der Waals surface area contributed by atoms with Crippen LogP contribution in [0, 0.1) is 0 Å². The van der Waals surface area contributed by atoms with E-state index in [0.29, 0.717) is 17.9 Å². The van der Waals surface area contributed by atoms with Gasteiger partial charge in [-0.2, -0.15) is 11.8 Å². The lowest BCUT2D eigenvalue weighted by Crippen LogP contribution is -2.37. The van der Waals surface area contributed by atoms with Crippen molar-refractivity contribution in [2.45, 2.75) is 11.8 Å². The highest BCUT2D eigenvalue weighted by Crippen LogP contribution is 2.16. The van der Waals surface area contributed by atoms with Crippen LogP contribution in [0.5, 0.6) is 0 Å². The van der Waals surface area contributed by atoms with Gasteiger partial charge in [-0.3, -0.25) is 9.20 Å². The molecule has 2 aromatic rings. The number of hydrogen-bond donors (Lipinski definition) is 2. The van der Waals surface area contributed by atoms with Crippen LogP contribution in [0.1, 0.15) is 5.69 Å². The Morgan fingerprint density at radius 3 is 3.22 bits per heavy atom. The van der Waals surface area contributed by atoms with Crippen LogP contribution in [0.3, 0.4) is 0 Å². The van der Waals surface area contributed by atoms with E-state index in [9.17, 15) is 9.59 Å². The molecule has 18 heavy (non-hydrogen) atoms. The van der Waals surface area contributed by atoms with Crippen LogP contribution in [-0.4, -0.2) is 38.7 Å². The SMILES string of the molecule is O=CNC(CSCc1cn2ccsc2n1)C(=O)O. The minimum absolute atomic E-state index is 0.319. The molecule has 1 atom stereocenters. The number of carbonyl (C=O) groups is 2. The van der Waals surface area contributed by atoms with Crippen LogP contribution in [0.4, 0.5) is 0 Å². The van der Waals surface area contributed by atoms with Gasteiger partial charge in [-0.15, -0.1) is 11.3 Å². The van der Waals surface area contributed by atoms with Crippen molar-refractivity contribution in [2.24, 2.45) is 0 Å². The number of aliphatic carboxylic acids is 1. The number of rotatable bonds is 7. The number of nitrogens with zero attached hydrogens (tertiary/aromatic N) is 2. The molecule has 0 aliphatic rings. The van der Waals surface area contributed by atoms with Gasteiger partial charge in [0.25, 0.3) is 0 Å². The first kappa shape index (κ1) is 12.9. The lowest BCUT2D eigenvalue weighted by atomic mass is 10.3. The fraction of sp³-hybridized carbons (Fsp3) is 0.300. The predicted octanol–water partition coefficient (Wildman–Crippen LogP) is 0.828. The Bertz CT molecular complexity index is 523. The molecule has 0 fully saturated rings. The van der Waals surface area contributed by atoms with Crippen LogP contribution >= 0.6 is 23.1 Å². The molecule has 2 N–H and O–H groups in total. The molecule has 6 nitrogen and oxygen atoms in total. The van der Waals surface area contributed by atoms with Crippen LogP contribution < -0.4 is 5.32 Å². The molecule has 0 spiro atoms. The van der Waals surface area contributed by atoms with Gasteiger partial charge in [-0.25, -0.2) is 9.78 Å². The number of carbonyl (C=O) groups excluding carboxylic acids is 1. The summed E-state index contributed by atoms with van der Waals surface area (Å²) < 4.78 is 1.93. The van der Waals surface area contributed by atoms with E-state index in [1.807, 2.05) is 22.2 Å². The average Bonchev–Trinajstić information content (AvgIpc) is 2.88. The molecular weight excluding hydrogens is 274 g/mol. The maximum atomic E-state index is 10.8. The maximum absolute atomic E-state index is 10.8. The van der Waals surface area contributed by atoms with E-state index in [1.54, 1.807) is 11.3 Å². The van der Waals surface area contributed by atoms with Crippen molar-refractivity contribution in [1.82, 2.24) is 14.7 Å². The van der Waals surface area contributed by atoms with E-state index in [4.69, 9.17) is 5.11 Å². The standard InChI is InChI=1S/C10H11N3O3S2/c14-6-11-8(9(15)16)5-17-4-7-3-13-1-2-18-10(13)12-7/h1-3,6,8H,4-5H2,(H,11,14)(H,15,16). The van der Waals surface area contributed by atoms with Gasteiger partial charge >= 0.3 is 5.97 Å². The zero-order valence-electron chi connectivity index (χ0n) is 9.28. The number of fused-ring (bicyclic) bond motifs is 1. The Hall–Kier alpha value is -1.54. The van der Waals surface area contributed by atoms with Crippen molar-refractivity contribution in [3.8, 4) is 0 Å². The van der Waals surface area contributed by atoms with E-state index in [1.165, 1.54) is 11.8 Å². The summed E-state index contributed by atoms with van der Waals surface area (Å²) >= 11 is 2.98. The molecule has 1 unspecified atom stereocenters. The van der Waals surface area contributed by atoms with Gasteiger partial charge in [0.15, 0.2) is 4.96 Å². The first-order valence-corrected chi connectivity index (χ1v) is 7.15.